The molecule has 1 heterocycles. The van der Waals surface area contributed by atoms with Crippen LogP contribution in [0, 0.1) is 0 Å². The third kappa shape index (κ3) is 4.61. The summed E-state index contributed by atoms with van der Waals surface area (Å²) in [4.78, 5) is 12.0. The average molecular weight is 420 g/mol. The first-order valence-electron chi connectivity index (χ1n) is 7.31. The fourth-order valence-corrected chi connectivity index (χ4v) is 2.88. The van der Waals surface area contributed by atoms with Crippen LogP contribution < -0.4 is 10.1 Å². The molecule has 0 aliphatic carbocycles. The number of carbonyl (C=O) groups is 1. The second-order valence-corrected chi connectivity index (χ2v) is 6.76. The number of methoxy groups -OCH3 is 1. The van der Waals surface area contributed by atoms with E-state index >= 15 is 0 Å². The highest BCUT2D eigenvalue weighted by molar-refractivity contribution is 9.10. The fourth-order valence-electron chi connectivity index (χ4n) is 2.06. The van der Waals surface area contributed by atoms with Crippen LogP contribution in [-0.2, 0) is 4.79 Å². The highest BCUT2D eigenvalue weighted by Gasteiger charge is 2.14. The highest BCUT2D eigenvalue weighted by atomic mass is 79.9. The Kier molecular flexibility index (Phi) is 5.72. The molecule has 8 heteroatoms. The van der Waals surface area contributed by atoms with Gasteiger partial charge in [0.25, 0.3) is 11.1 Å². The Morgan fingerprint density at radius 3 is 2.72 bits per heavy atom. The SMILES string of the molecule is COc1ccccc1-c1nnc(SCC(=O)Nc2ccc(Br)cc2)o1. The number of amides is 1. The number of halogens is 1. The summed E-state index contributed by atoms with van der Waals surface area (Å²) in [6.07, 6.45) is 0. The molecule has 1 amide bonds. The molecule has 0 saturated heterocycles. The molecule has 2 aromatic carbocycles. The lowest BCUT2D eigenvalue weighted by Crippen LogP contribution is -2.13. The Hall–Kier alpha value is -2.32. The van der Waals surface area contributed by atoms with Crippen molar-refractivity contribution in [2.75, 3.05) is 18.2 Å². The van der Waals surface area contributed by atoms with Crippen molar-refractivity contribution in [1.29, 1.82) is 0 Å². The lowest BCUT2D eigenvalue weighted by atomic mass is 10.2. The van der Waals surface area contributed by atoms with Crippen molar-refractivity contribution in [1.82, 2.24) is 10.2 Å². The summed E-state index contributed by atoms with van der Waals surface area (Å²) < 4.78 is 11.8. The van der Waals surface area contributed by atoms with Crippen LogP contribution >= 0.6 is 27.7 Å². The number of carbonyl (C=O) groups excluding carboxylic acids is 1. The van der Waals surface area contributed by atoms with E-state index in [0.717, 1.165) is 10.2 Å². The predicted molar refractivity (Wildman–Crippen MR) is 99.8 cm³/mol. The topological polar surface area (TPSA) is 77.2 Å². The third-order valence-electron chi connectivity index (χ3n) is 3.20. The predicted octanol–water partition coefficient (Wildman–Crippen LogP) is 4.24. The van der Waals surface area contributed by atoms with Gasteiger partial charge in [-0.2, -0.15) is 0 Å². The van der Waals surface area contributed by atoms with Crippen LogP contribution in [0.25, 0.3) is 11.5 Å². The zero-order chi connectivity index (χ0) is 17.6. The molecule has 1 N–H and O–H groups in total. The summed E-state index contributed by atoms with van der Waals surface area (Å²) in [5, 5.41) is 11.1. The van der Waals surface area contributed by atoms with Crippen molar-refractivity contribution in [2.24, 2.45) is 0 Å². The number of thioether (sulfide) groups is 1. The molecule has 0 aliphatic rings. The third-order valence-corrected chi connectivity index (χ3v) is 4.55. The van der Waals surface area contributed by atoms with Gasteiger partial charge in [-0.15, -0.1) is 10.2 Å². The van der Waals surface area contributed by atoms with E-state index in [2.05, 4.69) is 31.4 Å². The highest BCUT2D eigenvalue weighted by Crippen LogP contribution is 2.30. The van der Waals surface area contributed by atoms with Crippen LogP contribution in [0.4, 0.5) is 5.69 Å². The number of hydrogen-bond acceptors (Lipinski definition) is 6. The summed E-state index contributed by atoms with van der Waals surface area (Å²) in [5.74, 6) is 1.03. The first-order chi connectivity index (χ1) is 12.2. The minimum atomic E-state index is -0.149. The largest absolute Gasteiger partial charge is 0.496 e. The van der Waals surface area contributed by atoms with Crippen LogP contribution in [0.15, 0.2) is 62.6 Å². The number of rotatable bonds is 6. The number of para-hydroxylation sites is 1. The first-order valence-corrected chi connectivity index (χ1v) is 9.08. The van der Waals surface area contributed by atoms with Gasteiger partial charge in [0.15, 0.2) is 0 Å². The molecule has 6 nitrogen and oxygen atoms in total. The van der Waals surface area contributed by atoms with Gasteiger partial charge in [-0.25, -0.2) is 0 Å². The first kappa shape index (κ1) is 17.5. The van der Waals surface area contributed by atoms with Gasteiger partial charge in [0.05, 0.1) is 18.4 Å². The second kappa shape index (κ2) is 8.17. The van der Waals surface area contributed by atoms with Crippen LogP contribution in [0.1, 0.15) is 0 Å². The smallest absolute Gasteiger partial charge is 0.277 e. The minimum Gasteiger partial charge on any atom is -0.496 e. The van der Waals surface area contributed by atoms with Crippen LogP contribution in [0.5, 0.6) is 5.75 Å². The van der Waals surface area contributed by atoms with E-state index < -0.39 is 0 Å². The number of hydrogen-bond donors (Lipinski definition) is 1. The van der Waals surface area contributed by atoms with Gasteiger partial charge in [-0.05, 0) is 36.4 Å². The van der Waals surface area contributed by atoms with Crippen molar-refractivity contribution in [2.45, 2.75) is 5.22 Å². The zero-order valence-electron chi connectivity index (χ0n) is 13.2. The van der Waals surface area contributed by atoms with Crippen LogP contribution in [-0.4, -0.2) is 29.0 Å². The molecule has 0 fully saturated rings. The summed E-state index contributed by atoms with van der Waals surface area (Å²) >= 11 is 4.53. The molecule has 0 bridgehead atoms. The summed E-state index contributed by atoms with van der Waals surface area (Å²) in [6, 6.07) is 14.7. The van der Waals surface area contributed by atoms with E-state index in [4.69, 9.17) is 9.15 Å². The van der Waals surface area contributed by atoms with Crippen molar-refractivity contribution >= 4 is 39.3 Å². The van der Waals surface area contributed by atoms with Gasteiger partial charge in [0.1, 0.15) is 5.75 Å². The van der Waals surface area contributed by atoms with E-state index in [9.17, 15) is 4.79 Å². The maximum atomic E-state index is 12.0. The monoisotopic (exact) mass is 419 g/mol. The number of ether oxygens (including phenoxy) is 1. The quantitative estimate of drug-likeness (QED) is 0.602. The van der Waals surface area contributed by atoms with Gasteiger partial charge in [-0.3, -0.25) is 4.79 Å². The molecule has 3 aromatic rings. The Balaban J connectivity index is 1.60. The van der Waals surface area contributed by atoms with Crippen LogP contribution in [0.3, 0.4) is 0 Å². The number of nitrogens with zero attached hydrogens (tertiary/aromatic N) is 2. The Morgan fingerprint density at radius 2 is 1.96 bits per heavy atom. The number of benzene rings is 2. The Bertz CT molecular complexity index is 868. The number of anilines is 1. The Labute approximate surface area is 157 Å². The van der Waals surface area contributed by atoms with Gasteiger partial charge in [0, 0.05) is 10.2 Å². The molecule has 0 saturated carbocycles. The van der Waals surface area contributed by atoms with Crippen molar-refractivity contribution in [3.8, 4) is 17.2 Å². The molecule has 0 unspecified atom stereocenters. The van der Waals surface area contributed by atoms with Crippen molar-refractivity contribution < 1.29 is 13.9 Å². The van der Waals surface area contributed by atoms with E-state index in [-0.39, 0.29) is 11.7 Å². The molecule has 0 aliphatic heterocycles. The fraction of sp³-hybridized carbons (Fsp3) is 0.118. The van der Waals surface area contributed by atoms with Crippen molar-refractivity contribution in [3.05, 3.63) is 53.0 Å². The molecular formula is C17H14BrN3O3S. The average Bonchev–Trinajstić information content (AvgIpc) is 3.11. The maximum Gasteiger partial charge on any atom is 0.277 e. The summed E-state index contributed by atoms with van der Waals surface area (Å²) in [7, 11) is 1.58. The van der Waals surface area contributed by atoms with Crippen LogP contribution in [0.2, 0.25) is 0 Å². The van der Waals surface area contributed by atoms with E-state index in [1.807, 2.05) is 48.5 Å². The minimum absolute atomic E-state index is 0.149. The molecule has 0 radical (unpaired) electrons. The molecule has 0 spiro atoms. The van der Waals surface area contributed by atoms with Gasteiger partial charge in [-0.1, -0.05) is 39.8 Å². The molecule has 25 heavy (non-hydrogen) atoms. The van der Waals surface area contributed by atoms with E-state index in [1.54, 1.807) is 7.11 Å². The van der Waals surface area contributed by atoms with Gasteiger partial charge in [0.2, 0.25) is 5.91 Å². The van der Waals surface area contributed by atoms with Gasteiger partial charge < -0.3 is 14.5 Å². The van der Waals surface area contributed by atoms with E-state index in [0.29, 0.717) is 22.4 Å². The van der Waals surface area contributed by atoms with Gasteiger partial charge >= 0.3 is 0 Å². The molecule has 1 aromatic heterocycles. The molecule has 0 atom stereocenters. The lowest BCUT2D eigenvalue weighted by molar-refractivity contribution is -0.113. The lowest BCUT2D eigenvalue weighted by Gasteiger charge is -2.04. The van der Waals surface area contributed by atoms with Crippen molar-refractivity contribution in [3.63, 3.8) is 0 Å². The normalized spacial score (nSPS) is 10.5. The standard InChI is InChI=1S/C17H14BrN3O3S/c1-23-14-5-3-2-4-13(14)16-20-21-17(24-16)25-10-15(22)19-12-8-6-11(18)7-9-12/h2-9H,10H2,1H3,(H,19,22). The number of aromatic nitrogens is 2. The number of nitrogens with one attached hydrogen (secondary N) is 1. The molecule has 3 rings (SSSR count). The molecule has 128 valence electrons. The zero-order valence-corrected chi connectivity index (χ0v) is 15.6. The Morgan fingerprint density at radius 1 is 1.20 bits per heavy atom. The molecular weight excluding hydrogens is 406 g/mol. The maximum absolute atomic E-state index is 12.0. The second-order valence-electron chi connectivity index (χ2n) is 4.92. The summed E-state index contributed by atoms with van der Waals surface area (Å²) in [5.41, 5.74) is 1.44. The van der Waals surface area contributed by atoms with E-state index in [1.165, 1.54) is 11.8 Å². The summed E-state index contributed by atoms with van der Waals surface area (Å²) in [6.45, 7) is 0.